The maximum absolute atomic E-state index is 4.38. The summed E-state index contributed by atoms with van der Waals surface area (Å²) in [7, 11) is 2.20. The highest BCUT2D eigenvalue weighted by atomic mass is 15.1. The van der Waals surface area contributed by atoms with Crippen LogP contribution in [0.2, 0.25) is 0 Å². The van der Waals surface area contributed by atoms with E-state index in [9.17, 15) is 0 Å². The number of nitrogens with one attached hydrogen (secondary N) is 1. The lowest BCUT2D eigenvalue weighted by molar-refractivity contribution is 0.224. The molecule has 0 fully saturated rings. The van der Waals surface area contributed by atoms with Gasteiger partial charge in [-0.05, 0) is 44.1 Å². The Morgan fingerprint density at radius 2 is 2.00 bits per heavy atom. The topological polar surface area (TPSA) is 28.2 Å². The number of hydrogen-bond acceptors (Lipinski definition) is 3. The summed E-state index contributed by atoms with van der Waals surface area (Å²) < 4.78 is 0. The van der Waals surface area contributed by atoms with E-state index in [-0.39, 0.29) is 0 Å². The smallest absolute Gasteiger partial charge is 0.0416 e. The van der Waals surface area contributed by atoms with Gasteiger partial charge in [0.1, 0.15) is 0 Å². The molecule has 1 aromatic rings. The van der Waals surface area contributed by atoms with E-state index in [4.69, 9.17) is 0 Å². The molecule has 1 N–H and O–H groups in total. The molecule has 0 aliphatic heterocycles. The van der Waals surface area contributed by atoms with Crippen LogP contribution in [0.1, 0.15) is 39.8 Å². The molecule has 0 aliphatic rings. The van der Waals surface area contributed by atoms with Crippen LogP contribution in [-0.2, 0) is 6.42 Å². The summed E-state index contributed by atoms with van der Waals surface area (Å²) in [5.41, 5.74) is 1.50. The number of rotatable bonds is 8. The maximum atomic E-state index is 4.38. The average molecular weight is 277 g/mol. The van der Waals surface area contributed by atoms with Crippen molar-refractivity contribution in [2.45, 2.75) is 46.6 Å². The molecule has 114 valence electrons. The van der Waals surface area contributed by atoms with E-state index in [0.717, 1.165) is 26.1 Å². The fourth-order valence-corrected chi connectivity index (χ4v) is 2.40. The molecule has 3 heteroatoms. The highest BCUT2D eigenvalue weighted by Gasteiger charge is 2.23. The van der Waals surface area contributed by atoms with Crippen LogP contribution < -0.4 is 5.32 Å². The van der Waals surface area contributed by atoms with Gasteiger partial charge in [0.05, 0.1) is 0 Å². The Morgan fingerprint density at radius 3 is 2.55 bits per heavy atom. The summed E-state index contributed by atoms with van der Waals surface area (Å²) in [6.45, 7) is 12.4. The molecule has 1 aromatic heterocycles. The molecule has 0 aliphatic carbocycles. The van der Waals surface area contributed by atoms with Crippen LogP contribution in [-0.4, -0.2) is 42.6 Å². The van der Waals surface area contributed by atoms with E-state index < -0.39 is 0 Å². The molecule has 1 rings (SSSR count). The minimum absolute atomic E-state index is 0.317. The van der Waals surface area contributed by atoms with Crippen LogP contribution in [0.3, 0.4) is 0 Å². The summed E-state index contributed by atoms with van der Waals surface area (Å²) >= 11 is 0. The molecule has 1 unspecified atom stereocenters. The highest BCUT2D eigenvalue weighted by Crippen LogP contribution is 2.21. The van der Waals surface area contributed by atoms with Crippen LogP contribution >= 0.6 is 0 Å². The summed E-state index contributed by atoms with van der Waals surface area (Å²) in [6, 6.07) is 6.70. The van der Waals surface area contributed by atoms with E-state index in [1.54, 1.807) is 0 Å². The minimum atomic E-state index is 0.317. The first-order valence-corrected chi connectivity index (χ1v) is 7.75. The molecule has 3 nitrogen and oxygen atoms in total. The molecule has 0 saturated carbocycles. The van der Waals surface area contributed by atoms with Crippen molar-refractivity contribution in [3.8, 4) is 0 Å². The Balaban J connectivity index is 2.32. The van der Waals surface area contributed by atoms with Crippen molar-refractivity contribution >= 4 is 0 Å². The van der Waals surface area contributed by atoms with Gasteiger partial charge >= 0.3 is 0 Å². The second kappa shape index (κ2) is 8.38. The molecule has 0 radical (unpaired) electrons. The molecule has 0 aromatic carbocycles. The van der Waals surface area contributed by atoms with Crippen LogP contribution in [0.4, 0.5) is 0 Å². The quantitative estimate of drug-likeness (QED) is 0.792. The lowest BCUT2D eigenvalue weighted by Crippen LogP contribution is -2.42. The maximum Gasteiger partial charge on any atom is 0.0416 e. The number of likely N-dealkylation sites (N-methyl/N-ethyl adjacent to an activating group) is 1. The second-order valence-electron chi connectivity index (χ2n) is 6.64. The Bertz CT molecular complexity index is 356. The number of nitrogens with zero attached hydrogens (tertiary/aromatic N) is 2. The largest absolute Gasteiger partial charge is 0.314 e. The SMILES string of the molecule is CCNC(CCN(C)CCc1ccccn1)C(C)(C)C. The number of hydrogen-bond donors (Lipinski definition) is 1. The van der Waals surface area contributed by atoms with E-state index in [1.165, 1.54) is 12.1 Å². The van der Waals surface area contributed by atoms with Crippen molar-refractivity contribution in [3.05, 3.63) is 30.1 Å². The third kappa shape index (κ3) is 6.49. The Labute approximate surface area is 124 Å². The van der Waals surface area contributed by atoms with Crippen LogP contribution in [0, 0.1) is 5.41 Å². The molecule has 1 heterocycles. The van der Waals surface area contributed by atoms with Crippen molar-refractivity contribution < 1.29 is 0 Å². The molecular formula is C17H31N3. The van der Waals surface area contributed by atoms with Gasteiger partial charge in [0.2, 0.25) is 0 Å². The third-order valence-corrected chi connectivity index (χ3v) is 3.77. The monoisotopic (exact) mass is 277 g/mol. The molecule has 0 amide bonds. The summed E-state index contributed by atoms with van der Waals surface area (Å²) in [5.74, 6) is 0. The fraction of sp³-hybridized carbons (Fsp3) is 0.706. The third-order valence-electron chi connectivity index (χ3n) is 3.77. The van der Waals surface area contributed by atoms with Crippen LogP contribution in [0.15, 0.2) is 24.4 Å². The molecule has 20 heavy (non-hydrogen) atoms. The fourth-order valence-electron chi connectivity index (χ4n) is 2.40. The highest BCUT2D eigenvalue weighted by molar-refractivity contribution is 5.03. The van der Waals surface area contributed by atoms with Gasteiger partial charge in [-0.25, -0.2) is 0 Å². The van der Waals surface area contributed by atoms with E-state index in [2.05, 4.69) is 62.1 Å². The first-order chi connectivity index (χ1) is 9.43. The first-order valence-electron chi connectivity index (χ1n) is 7.75. The van der Waals surface area contributed by atoms with Gasteiger partial charge in [-0.2, -0.15) is 0 Å². The van der Waals surface area contributed by atoms with Crippen molar-refractivity contribution in [1.29, 1.82) is 0 Å². The molecule has 0 saturated heterocycles. The zero-order valence-corrected chi connectivity index (χ0v) is 13.8. The van der Waals surface area contributed by atoms with Gasteiger partial charge in [0.25, 0.3) is 0 Å². The van der Waals surface area contributed by atoms with Crippen molar-refractivity contribution in [2.24, 2.45) is 5.41 Å². The minimum Gasteiger partial charge on any atom is -0.314 e. The lowest BCUT2D eigenvalue weighted by atomic mass is 9.84. The van der Waals surface area contributed by atoms with Gasteiger partial charge in [-0.1, -0.05) is 33.8 Å². The Kier molecular flexibility index (Phi) is 7.17. The van der Waals surface area contributed by atoms with Gasteiger partial charge in [-0.15, -0.1) is 0 Å². The molecule has 0 spiro atoms. The normalized spacial score (nSPS) is 13.7. The average Bonchev–Trinajstić information content (AvgIpc) is 2.41. The van der Waals surface area contributed by atoms with E-state index in [0.29, 0.717) is 11.5 Å². The lowest BCUT2D eigenvalue weighted by Gasteiger charge is -2.32. The van der Waals surface area contributed by atoms with Gasteiger partial charge < -0.3 is 10.2 Å². The molecule has 1 atom stereocenters. The van der Waals surface area contributed by atoms with Gasteiger partial charge in [0.15, 0.2) is 0 Å². The van der Waals surface area contributed by atoms with Crippen molar-refractivity contribution in [3.63, 3.8) is 0 Å². The predicted octanol–water partition coefficient (Wildman–Crippen LogP) is 2.97. The number of pyridine rings is 1. The summed E-state index contributed by atoms with van der Waals surface area (Å²) in [6.07, 6.45) is 4.09. The van der Waals surface area contributed by atoms with Crippen molar-refractivity contribution in [1.82, 2.24) is 15.2 Å². The van der Waals surface area contributed by atoms with Crippen molar-refractivity contribution in [2.75, 3.05) is 26.7 Å². The van der Waals surface area contributed by atoms with Crippen LogP contribution in [0.5, 0.6) is 0 Å². The van der Waals surface area contributed by atoms with E-state index >= 15 is 0 Å². The summed E-state index contributed by atoms with van der Waals surface area (Å²) in [4.78, 5) is 6.78. The standard InChI is InChI=1S/C17H31N3/c1-6-18-16(17(2,3)4)11-14-20(5)13-10-15-9-7-8-12-19-15/h7-9,12,16,18H,6,10-11,13-14H2,1-5H3. The summed E-state index contributed by atoms with van der Waals surface area (Å²) in [5, 5.41) is 3.61. The Morgan fingerprint density at radius 1 is 1.25 bits per heavy atom. The molecular weight excluding hydrogens is 246 g/mol. The zero-order valence-electron chi connectivity index (χ0n) is 13.8. The first kappa shape index (κ1) is 17.1. The zero-order chi connectivity index (χ0) is 15.0. The molecule has 0 bridgehead atoms. The Hall–Kier alpha value is -0.930. The second-order valence-corrected chi connectivity index (χ2v) is 6.64. The van der Waals surface area contributed by atoms with E-state index in [1.807, 2.05) is 12.3 Å². The van der Waals surface area contributed by atoms with Gasteiger partial charge in [-0.3, -0.25) is 4.98 Å². The van der Waals surface area contributed by atoms with Crippen LogP contribution in [0.25, 0.3) is 0 Å². The number of aromatic nitrogens is 1. The van der Waals surface area contributed by atoms with Gasteiger partial charge in [0, 0.05) is 30.9 Å². The predicted molar refractivity (Wildman–Crippen MR) is 87.0 cm³/mol.